The van der Waals surface area contributed by atoms with Gasteiger partial charge in [0.15, 0.2) is 0 Å². The fourth-order valence-corrected chi connectivity index (χ4v) is 2.77. The van der Waals surface area contributed by atoms with Crippen LogP contribution in [0.1, 0.15) is 12.6 Å². The Bertz CT molecular complexity index is 918. The zero-order valence-electron chi connectivity index (χ0n) is 15.3. The second kappa shape index (κ2) is 8.14. The van der Waals surface area contributed by atoms with E-state index in [0.29, 0.717) is 16.3 Å². The number of hydrogen-bond acceptors (Lipinski definition) is 3. The number of benzene rings is 2. The van der Waals surface area contributed by atoms with Crippen molar-refractivity contribution in [3.05, 3.63) is 58.1 Å². The van der Waals surface area contributed by atoms with Crippen LogP contribution in [0.25, 0.3) is 6.08 Å². The maximum Gasteiger partial charge on any atom is 1.00 e. The van der Waals surface area contributed by atoms with Crippen molar-refractivity contribution in [2.45, 2.75) is 19.2 Å². The van der Waals surface area contributed by atoms with Crippen LogP contribution in [0.4, 0.5) is 13.2 Å². The van der Waals surface area contributed by atoms with Crippen molar-refractivity contribution in [2.24, 2.45) is 0 Å². The predicted molar refractivity (Wildman–Crippen MR) is 89.9 cm³/mol. The van der Waals surface area contributed by atoms with E-state index in [1.54, 1.807) is 25.1 Å². The number of aryl methyl sites for hydroxylation is 1. The van der Waals surface area contributed by atoms with E-state index in [9.17, 15) is 18.0 Å². The molecule has 0 saturated heterocycles. The van der Waals surface area contributed by atoms with E-state index in [1.807, 2.05) is 0 Å². The predicted octanol–water partition coefficient (Wildman–Crippen LogP) is 2.35. The molecule has 0 fully saturated rings. The number of carboxylic acids is 1. The normalized spacial score (nSPS) is 15.7. The van der Waals surface area contributed by atoms with Crippen molar-refractivity contribution < 1.29 is 63.5 Å². The summed E-state index contributed by atoms with van der Waals surface area (Å²) in [6, 6.07) is 9.19. The minimum absolute atomic E-state index is 0. The van der Waals surface area contributed by atoms with Gasteiger partial charge >= 0.3 is 41.7 Å². The molecule has 1 atom stereocenters. The number of hydrogen-bond donors (Lipinski definition) is 1. The van der Waals surface area contributed by atoms with E-state index in [4.69, 9.17) is 26.2 Å². The van der Waals surface area contributed by atoms with E-state index in [0.717, 1.165) is 6.08 Å². The van der Waals surface area contributed by atoms with E-state index in [-0.39, 0.29) is 48.0 Å². The average Bonchev–Trinajstić information content (AvgIpc) is 2.55. The fraction of sp³-hybridized carbons (Fsp3) is 0.167. The molecule has 0 amide bonds. The van der Waals surface area contributed by atoms with Crippen molar-refractivity contribution in [1.82, 2.24) is 0 Å². The number of alkyl halides is 3. The van der Waals surface area contributed by atoms with Gasteiger partial charge < -0.3 is 16.0 Å². The summed E-state index contributed by atoms with van der Waals surface area (Å²) in [6.45, 7) is 1.76. The molecule has 0 radical (unpaired) electrons. The van der Waals surface area contributed by atoms with Crippen molar-refractivity contribution in [2.75, 3.05) is 0 Å². The van der Waals surface area contributed by atoms with Crippen molar-refractivity contribution in [3.63, 3.8) is 0 Å². The Balaban J connectivity index is 0.00000196. The third kappa shape index (κ3) is 4.60. The molecular formula is C18H13ClF3NaO4. The number of rotatable bonds is 3. The Morgan fingerprint density at radius 1 is 1.26 bits per heavy atom. The third-order valence-electron chi connectivity index (χ3n) is 3.75. The van der Waals surface area contributed by atoms with Crippen LogP contribution in [0.2, 0.25) is 5.02 Å². The molecular weight excluding hydrogens is 396 g/mol. The Morgan fingerprint density at radius 2 is 1.96 bits per heavy atom. The summed E-state index contributed by atoms with van der Waals surface area (Å²) in [5.41, 5.74) is -0.0731. The summed E-state index contributed by atoms with van der Waals surface area (Å²) in [5.74, 6) is -1.21. The summed E-state index contributed by atoms with van der Waals surface area (Å²) in [6.07, 6.45) is -6.47. The molecule has 0 bridgehead atoms. The summed E-state index contributed by atoms with van der Waals surface area (Å²) >= 11 is 5.89. The molecule has 138 valence electrons. The molecule has 1 aliphatic rings. The maximum atomic E-state index is 13.1. The van der Waals surface area contributed by atoms with Crippen LogP contribution < -0.4 is 39.0 Å². The van der Waals surface area contributed by atoms with Crippen molar-refractivity contribution >= 4 is 23.6 Å². The number of aliphatic carboxylic acids is 1. The first-order chi connectivity index (χ1) is 12.2. The topological polar surface area (TPSA) is 55.8 Å². The first kappa shape index (κ1) is 21.6. The Hall–Kier alpha value is -1.67. The summed E-state index contributed by atoms with van der Waals surface area (Å²) in [5, 5.41) is 9.66. The van der Waals surface area contributed by atoms with E-state index in [2.05, 4.69) is 0 Å². The molecule has 1 aliphatic heterocycles. The number of halogens is 4. The molecule has 0 aromatic heterocycles. The zero-order valence-corrected chi connectivity index (χ0v) is 17.1. The van der Waals surface area contributed by atoms with Gasteiger partial charge in [0.2, 0.25) is 6.10 Å². The van der Waals surface area contributed by atoms with Gasteiger partial charge in [0.25, 0.3) is 0 Å². The molecule has 0 saturated carbocycles. The van der Waals surface area contributed by atoms with Gasteiger partial charge in [0.1, 0.15) is 17.2 Å². The largest absolute Gasteiger partial charge is 1.00 e. The molecule has 9 heteroatoms. The molecule has 1 heterocycles. The van der Waals surface area contributed by atoms with Crippen LogP contribution in [0.15, 0.2) is 42.0 Å². The second-order valence-corrected chi connectivity index (χ2v) is 6.06. The molecule has 2 aromatic rings. The van der Waals surface area contributed by atoms with Crippen LogP contribution in [0, 0.1) is 6.92 Å². The van der Waals surface area contributed by atoms with Crippen LogP contribution in [-0.2, 0) is 4.79 Å². The van der Waals surface area contributed by atoms with E-state index in [1.165, 1.54) is 18.2 Å². The number of carboxylic acid groups (broad SMARTS) is 1. The summed E-state index contributed by atoms with van der Waals surface area (Å²) in [4.78, 5) is 11.3. The second-order valence-electron chi connectivity index (χ2n) is 5.62. The zero-order chi connectivity index (χ0) is 19.1. The molecule has 2 aromatic carbocycles. The minimum Gasteiger partial charge on any atom is -1.00 e. The van der Waals surface area contributed by atoms with Gasteiger partial charge in [-0.2, -0.15) is 13.2 Å². The quantitative estimate of drug-likeness (QED) is 0.792. The van der Waals surface area contributed by atoms with Gasteiger partial charge in [-0.05, 0) is 48.9 Å². The van der Waals surface area contributed by atoms with Crippen LogP contribution >= 0.6 is 11.6 Å². The van der Waals surface area contributed by atoms with Gasteiger partial charge in [-0.3, -0.25) is 0 Å². The van der Waals surface area contributed by atoms with Gasteiger partial charge in [-0.25, -0.2) is 4.79 Å². The molecule has 27 heavy (non-hydrogen) atoms. The van der Waals surface area contributed by atoms with Crippen LogP contribution in [-0.4, -0.2) is 23.4 Å². The number of ether oxygens (including phenoxy) is 2. The summed E-state index contributed by atoms with van der Waals surface area (Å²) in [7, 11) is 0. The Morgan fingerprint density at radius 3 is 2.56 bits per heavy atom. The van der Waals surface area contributed by atoms with Gasteiger partial charge in [-0.1, -0.05) is 17.7 Å². The van der Waals surface area contributed by atoms with Crippen molar-refractivity contribution in [3.8, 4) is 17.2 Å². The maximum absolute atomic E-state index is 13.1. The average molecular weight is 409 g/mol. The van der Waals surface area contributed by atoms with E-state index >= 15 is 0 Å². The molecule has 1 unspecified atom stereocenters. The molecule has 3 rings (SSSR count). The summed E-state index contributed by atoms with van der Waals surface area (Å²) < 4.78 is 50.0. The van der Waals surface area contributed by atoms with Crippen LogP contribution in [0.3, 0.4) is 0 Å². The SMILES string of the molecule is Cc1cc(Cl)ccc1Oc1cccc2c1C=C(C(=O)O)C(C(F)(F)F)O2.[H-].[Na+]. The molecule has 4 nitrogen and oxygen atoms in total. The van der Waals surface area contributed by atoms with Crippen molar-refractivity contribution in [1.29, 1.82) is 0 Å². The Labute approximate surface area is 181 Å². The molecule has 0 spiro atoms. The number of fused-ring (bicyclic) bond motifs is 1. The molecule has 1 N–H and O–H groups in total. The Kier molecular flexibility index (Phi) is 6.52. The van der Waals surface area contributed by atoms with Gasteiger partial charge in [-0.15, -0.1) is 0 Å². The third-order valence-corrected chi connectivity index (χ3v) is 3.99. The smallest absolute Gasteiger partial charge is 1.00 e. The standard InChI is InChI=1S/C18H12ClF3O4.Na.H/c1-9-7-10(19)5-6-13(9)25-14-3-2-4-15-11(14)8-12(17(23)24)16(26-15)18(20,21)22;;/h2-8,16H,1H3,(H,23,24);;/q;+1;-1. The first-order valence-electron chi connectivity index (χ1n) is 7.42. The monoisotopic (exact) mass is 408 g/mol. The van der Waals surface area contributed by atoms with Gasteiger partial charge in [0.05, 0.1) is 11.1 Å². The van der Waals surface area contributed by atoms with Crippen LogP contribution in [0.5, 0.6) is 17.2 Å². The fourth-order valence-electron chi connectivity index (χ4n) is 2.54. The number of carbonyl (C=O) groups is 1. The first-order valence-corrected chi connectivity index (χ1v) is 7.80. The van der Waals surface area contributed by atoms with Gasteiger partial charge in [0, 0.05) is 5.02 Å². The molecule has 0 aliphatic carbocycles. The minimum atomic E-state index is -4.86. The van der Waals surface area contributed by atoms with E-state index < -0.39 is 23.8 Å².